The molecule has 1 saturated heterocycles. The van der Waals surface area contributed by atoms with E-state index < -0.39 is 0 Å². The van der Waals surface area contributed by atoms with E-state index in [1.807, 2.05) is 41.1 Å². The van der Waals surface area contributed by atoms with Crippen molar-refractivity contribution in [3.8, 4) is 5.69 Å². The van der Waals surface area contributed by atoms with E-state index in [0.717, 1.165) is 41.1 Å². The zero-order chi connectivity index (χ0) is 23.2. The van der Waals surface area contributed by atoms with Crippen LogP contribution < -0.4 is 10.6 Å². The molecule has 174 valence electrons. The van der Waals surface area contributed by atoms with Crippen molar-refractivity contribution in [2.45, 2.75) is 32.2 Å². The van der Waals surface area contributed by atoms with Crippen LogP contribution in [0.2, 0.25) is 0 Å². The first kappa shape index (κ1) is 22.1. The Morgan fingerprint density at radius 3 is 2.56 bits per heavy atom. The molecule has 0 aliphatic carbocycles. The van der Waals surface area contributed by atoms with Gasteiger partial charge in [-0.1, -0.05) is 30.7 Å². The minimum absolute atomic E-state index is 0.249. The zero-order valence-electron chi connectivity index (χ0n) is 19.3. The lowest BCUT2D eigenvalue weighted by molar-refractivity contribution is 0.231. The average molecular weight is 455 g/mol. The van der Waals surface area contributed by atoms with Crippen LogP contribution in [-0.4, -0.2) is 45.3 Å². The summed E-state index contributed by atoms with van der Waals surface area (Å²) in [6.45, 7) is 3.88. The minimum Gasteiger partial charge on any atom is -0.334 e. The highest BCUT2D eigenvalue weighted by Crippen LogP contribution is 2.24. The number of nitrogens with one attached hydrogen (secondary N) is 2. The van der Waals surface area contributed by atoms with E-state index in [4.69, 9.17) is 5.10 Å². The van der Waals surface area contributed by atoms with Crippen molar-refractivity contribution in [3.05, 3.63) is 84.3 Å². The van der Waals surface area contributed by atoms with Crippen molar-refractivity contribution < 1.29 is 4.79 Å². The van der Waals surface area contributed by atoms with Crippen LogP contribution >= 0.6 is 0 Å². The van der Waals surface area contributed by atoms with E-state index in [0.29, 0.717) is 6.54 Å². The van der Waals surface area contributed by atoms with Gasteiger partial charge in [-0.3, -0.25) is 4.98 Å². The summed E-state index contributed by atoms with van der Waals surface area (Å²) in [6.07, 6.45) is 8.36. The number of rotatable bonds is 7. The predicted octanol–water partition coefficient (Wildman–Crippen LogP) is 4.77. The van der Waals surface area contributed by atoms with Crippen molar-refractivity contribution in [2.24, 2.45) is 0 Å². The van der Waals surface area contributed by atoms with E-state index in [1.165, 1.54) is 37.7 Å². The Bertz CT molecular complexity index is 1230. The number of likely N-dealkylation sites (tertiary alicyclic amines) is 1. The molecule has 4 aromatic rings. The van der Waals surface area contributed by atoms with Crippen LogP contribution in [0.25, 0.3) is 16.6 Å². The van der Waals surface area contributed by atoms with E-state index in [9.17, 15) is 4.79 Å². The molecule has 2 N–H and O–H groups in total. The molecule has 1 aliphatic rings. The summed E-state index contributed by atoms with van der Waals surface area (Å²) in [4.78, 5) is 18.9. The maximum absolute atomic E-state index is 12.3. The molecule has 2 aromatic heterocycles. The normalized spacial score (nSPS) is 14.2. The van der Waals surface area contributed by atoms with Gasteiger partial charge in [0.25, 0.3) is 0 Å². The topological polar surface area (TPSA) is 75.1 Å². The smallest absolute Gasteiger partial charge is 0.319 e. The fourth-order valence-electron chi connectivity index (χ4n) is 4.51. The number of hydrogen-bond acceptors (Lipinski definition) is 4. The second-order valence-electron chi connectivity index (χ2n) is 8.74. The molecule has 0 saturated carbocycles. The van der Waals surface area contributed by atoms with Gasteiger partial charge in [0.2, 0.25) is 0 Å². The Hall–Kier alpha value is -3.71. The molecular formula is C27H30N6O. The van der Waals surface area contributed by atoms with Crippen LogP contribution in [-0.2, 0) is 13.0 Å². The molecule has 2 aromatic carbocycles. The van der Waals surface area contributed by atoms with Gasteiger partial charge in [-0.2, -0.15) is 5.10 Å². The number of carbonyl (C=O) groups is 1. The Labute approximate surface area is 199 Å². The fraction of sp³-hybridized carbons (Fsp3) is 0.296. The predicted molar refractivity (Wildman–Crippen MR) is 135 cm³/mol. The van der Waals surface area contributed by atoms with Gasteiger partial charge in [0, 0.05) is 43.0 Å². The molecule has 0 bridgehead atoms. The maximum Gasteiger partial charge on any atom is 0.319 e. The van der Waals surface area contributed by atoms with Crippen LogP contribution in [0.5, 0.6) is 0 Å². The third-order valence-electron chi connectivity index (χ3n) is 6.32. The second-order valence-corrected chi connectivity index (χ2v) is 8.74. The molecule has 0 atom stereocenters. The fourth-order valence-corrected chi connectivity index (χ4v) is 4.51. The zero-order valence-corrected chi connectivity index (χ0v) is 19.3. The van der Waals surface area contributed by atoms with E-state index in [2.05, 4.69) is 44.8 Å². The Kier molecular flexibility index (Phi) is 6.81. The molecular weight excluding hydrogens is 424 g/mol. The summed E-state index contributed by atoms with van der Waals surface area (Å²) >= 11 is 0. The number of anilines is 1. The molecule has 7 heteroatoms. The first-order chi connectivity index (χ1) is 16.8. The quantitative estimate of drug-likeness (QED) is 0.422. The first-order valence-corrected chi connectivity index (χ1v) is 12.0. The van der Waals surface area contributed by atoms with Crippen molar-refractivity contribution in [3.63, 3.8) is 0 Å². The number of piperidine rings is 1. The third kappa shape index (κ3) is 5.26. The molecule has 34 heavy (non-hydrogen) atoms. The minimum atomic E-state index is -0.249. The lowest BCUT2D eigenvalue weighted by atomic mass is 10.1. The third-order valence-corrected chi connectivity index (χ3v) is 6.32. The largest absolute Gasteiger partial charge is 0.334 e. The summed E-state index contributed by atoms with van der Waals surface area (Å²) < 4.78 is 2.01. The summed E-state index contributed by atoms with van der Waals surface area (Å²) in [5, 5.41) is 11.9. The SMILES string of the molecule is O=C(NCc1cccnc1)Nc1ccc(-n2nc(CCN3CCCCC3)c3ccccc32)cc1. The van der Waals surface area contributed by atoms with Gasteiger partial charge in [0.15, 0.2) is 0 Å². The highest BCUT2D eigenvalue weighted by atomic mass is 16.2. The van der Waals surface area contributed by atoms with Gasteiger partial charge < -0.3 is 15.5 Å². The molecule has 2 amide bonds. The van der Waals surface area contributed by atoms with E-state index in [-0.39, 0.29) is 6.03 Å². The number of para-hydroxylation sites is 1. The van der Waals surface area contributed by atoms with Gasteiger partial charge in [-0.25, -0.2) is 9.48 Å². The van der Waals surface area contributed by atoms with Crippen molar-refractivity contribution in [1.82, 2.24) is 25.0 Å². The molecule has 0 spiro atoms. The van der Waals surface area contributed by atoms with Crippen molar-refractivity contribution >= 4 is 22.6 Å². The highest BCUT2D eigenvalue weighted by molar-refractivity contribution is 5.89. The lowest BCUT2D eigenvalue weighted by Gasteiger charge is -2.25. The number of fused-ring (bicyclic) bond motifs is 1. The summed E-state index contributed by atoms with van der Waals surface area (Å²) in [5.74, 6) is 0. The Morgan fingerprint density at radius 2 is 1.76 bits per heavy atom. The first-order valence-electron chi connectivity index (χ1n) is 12.0. The van der Waals surface area contributed by atoms with Crippen LogP contribution in [0.15, 0.2) is 73.1 Å². The number of hydrogen-bond donors (Lipinski definition) is 2. The molecule has 7 nitrogen and oxygen atoms in total. The van der Waals surface area contributed by atoms with Crippen molar-refractivity contribution in [1.29, 1.82) is 0 Å². The summed E-state index contributed by atoms with van der Waals surface area (Å²) in [6, 6.07) is 19.7. The number of aromatic nitrogens is 3. The monoisotopic (exact) mass is 454 g/mol. The average Bonchev–Trinajstić information content (AvgIpc) is 3.27. The number of urea groups is 1. The van der Waals surface area contributed by atoms with E-state index in [1.54, 1.807) is 12.4 Å². The van der Waals surface area contributed by atoms with Gasteiger partial charge in [-0.15, -0.1) is 0 Å². The maximum atomic E-state index is 12.3. The van der Waals surface area contributed by atoms with Gasteiger partial charge >= 0.3 is 6.03 Å². The van der Waals surface area contributed by atoms with Crippen LogP contribution in [0.1, 0.15) is 30.5 Å². The molecule has 3 heterocycles. The number of pyridine rings is 1. The van der Waals surface area contributed by atoms with Crippen LogP contribution in [0.3, 0.4) is 0 Å². The van der Waals surface area contributed by atoms with Crippen molar-refractivity contribution in [2.75, 3.05) is 25.0 Å². The number of nitrogens with zero attached hydrogens (tertiary/aromatic N) is 4. The second kappa shape index (κ2) is 10.5. The molecule has 0 unspecified atom stereocenters. The molecule has 1 aliphatic heterocycles. The molecule has 1 fully saturated rings. The molecule has 5 rings (SSSR count). The molecule has 0 radical (unpaired) electrons. The van der Waals surface area contributed by atoms with Gasteiger partial charge in [-0.05, 0) is 67.9 Å². The van der Waals surface area contributed by atoms with Crippen LogP contribution in [0, 0.1) is 0 Å². The summed E-state index contributed by atoms with van der Waals surface area (Å²) in [5.41, 5.74) is 4.90. The highest BCUT2D eigenvalue weighted by Gasteiger charge is 2.15. The van der Waals surface area contributed by atoms with Gasteiger partial charge in [0.1, 0.15) is 0 Å². The number of amides is 2. The van der Waals surface area contributed by atoms with Crippen LogP contribution in [0.4, 0.5) is 10.5 Å². The lowest BCUT2D eigenvalue weighted by Crippen LogP contribution is -2.31. The Balaban J connectivity index is 1.26. The standard InChI is InChI=1S/C27H30N6O/c34-27(29-20-21-7-6-15-28-19-21)30-22-10-12-23(13-11-22)33-26-9-3-2-8-24(26)25(31-33)14-18-32-16-4-1-5-17-32/h2-3,6-13,15,19H,1,4-5,14,16-18,20H2,(H2,29,30,34). The Morgan fingerprint density at radius 1 is 0.941 bits per heavy atom. The van der Waals surface area contributed by atoms with E-state index >= 15 is 0 Å². The van der Waals surface area contributed by atoms with Gasteiger partial charge in [0.05, 0.1) is 16.9 Å². The number of benzene rings is 2. The summed E-state index contributed by atoms with van der Waals surface area (Å²) in [7, 11) is 0. The number of carbonyl (C=O) groups excluding carboxylic acids is 1.